The highest BCUT2D eigenvalue weighted by molar-refractivity contribution is 6.31. The van der Waals surface area contributed by atoms with Crippen LogP contribution in [0.15, 0.2) is 0 Å². The summed E-state index contributed by atoms with van der Waals surface area (Å²) in [5.41, 5.74) is 4.74. The van der Waals surface area contributed by atoms with Crippen molar-refractivity contribution in [1.82, 2.24) is 15.2 Å². The van der Waals surface area contributed by atoms with Crippen molar-refractivity contribution in [2.45, 2.75) is 39.2 Å². The topological polar surface area (TPSA) is 55.9 Å². The molecule has 0 saturated heterocycles. The van der Waals surface area contributed by atoms with Crippen molar-refractivity contribution in [2.24, 2.45) is 12.9 Å². The van der Waals surface area contributed by atoms with Crippen LogP contribution in [0.2, 0.25) is 5.02 Å². The number of aryl methyl sites for hydroxylation is 2. The molecule has 1 atom stereocenters. The van der Waals surface area contributed by atoms with Gasteiger partial charge in [-0.3, -0.25) is 16.0 Å². The van der Waals surface area contributed by atoms with E-state index in [4.69, 9.17) is 17.4 Å². The Balaban J connectivity index is 2.78. The Hall–Kier alpha value is -0.580. The second-order valence-corrected chi connectivity index (χ2v) is 4.20. The molecule has 0 radical (unpaired) electrons. The van der Waals surface area contributed by atoms with Crippen molar-refractivity contribution in [2.75, 3.05) is 0 Å². The summed E-state index contributed by atoms with van der Waals surface area (Å²) in [5.74, 6) is 5.49. The summed E-state index contributed by atoms with van der Waals surface area (Å²) in [6.45, 7) is 4.05. The standard InChI is InChI=1S/C10H19ClN4/c1-4-5-8(13-12)6-9-10(11)7(2)14-15(9)3/h8,13H,4-6,12H2,1-3H3. The molecule has 86 valence electrons. The van der Waals surface area contributed by atoms with E-state index in [1.165, 1.54) is 0 Å². The normalized spacial score (nSPS) is 13.1. The number of aromatic nitrogens is 2. The summed E-state index contributed by atoms with van der Waals surface area (Å²) in [7, 11) is 1.91. The monoisotopic (exact) mass is 230 g/mol. The van der Waals surface area contributed by atoms with Gasteiger partial charge >= 0.3 is 0 Å². The molecule has 0 spiro atoms. The van der Waals surface area contributed by atoms with E-state index in [2.05, 4.69) is 17.4 Å². The minimum Gasteiger partial charge on any atom is -0.271 e. The molecule has 1 aromatic rings. The van der Waals surface area contributed by atoms with Gasteiger partial charge in [0.25, 0.3) is 0 Å². The Bertz CT molecular complexity index is 321. The van der Waals surface area contributed by atoms with E-state index in [-0.39, 0.29) is 6.04 Å². The lowest BCUT2D eigenvalue weighted by Gasteiger charge is -2.14. The maximum atomic E-state index is 6.16. The first-order chi connectivity index (χ1) is 7.10. The molecule has 0 amide bonds. The third kappa shape index (κ3) is 2.93. The molecule has 1 heterocycles. The van der Waals surface area contributed by atoms with Crippen LogP contribution in [0.1, 0.15) is 31.2 Å². The van der Waals surface area contributed by atoms with E-state index < -0.39 is 0 Å². The van der Waals surface area contributed by atoms with E-state index in [0.29, 0.717) is 0 Å². The zero-order chi connectivity index (χ0) is 11.4. The van der Waals surface area contributed by atoms with Crippen molar-refractivity contribution in [1.29, 1.82) is 0 Å². The minimum atomic E-state index is 0.266. The van der Waals surface area contributed by atoms with Crippen molar-refractivity contribution >= 4 is 11.6 Å². The van der Waals surface area contributed by atoms with Gasteiger partial charge in [-0.05, 0) is 13.3 Å². The lowest BCUT2D eigenvalue weighted by Crippen LogP contribution is -2.37. The first-order valence-corrected chi connectivity index (χ1v) is 5.62. The highest BCUT2D eigenvalue weighted by Crippen LogP contribution is 2.21. The van der Waals surface area contributed by atoms with E-state index >= 15 is 0 Å². The highest BCUT2D eigenvalue weighted by Gasteiger charge is 2.15. The molecule has 0 fully saturated rings. The number of hydrazine groups is 1. The van der Waals surface area contributed by atoms with E-state index in [0.717, 1.165) is 35.7 Å². The molecule has 1 rings (SSSR count). The summed E-state index contributed by atoms with van der Waals surface area (Å²) in [6, 6.07) is 0.266. The second kappa shape index (κ2) is 5.49. The summed E-state index contributed by atoms with van der Waals surface area (Å²) >= 11 is 6.16. The third-order valence-corrected chi connectivity index (χ3v) is 3.07. The van der Waals surface area contributed by atoms with Crippen molar-refractivity contribution in [3.05, 3.63) is 16.4 Å². The Morgan fingerprint density at radius 3 is 2.67 bits per heavy atom. The lowest BCUT2D eigenvalue weighted by molar-refractivity contribution is 0.473. The van der Waals surface area contributed by atoms with Gasteiger partial charge in [-0.2, -0.15) is 5.10 Å². The van der Waals surface area contributed by atoms with E-state index in [1.807, 2.05) is 18.7 Å². The molecular weight excluding hydrogens is 212 g/mol. The van der Waals surface area contributed by atoms with Crippen LogP contribution in [0, 0.1) is 6.92 Å². The van der Waals surface area contributed by atoms with Gasteiger partial charge in [0.2, 0.25) is 0 Å². The molecule has 5 heteroatoms. The average Bonchev–Trinajstić information content (AvgIpc) is 2.44. The Morgan fingerprint density at radius 2 is 2.27 bits per heavy atom. The van der Waals surface area contributed by atoms with Crippen LogP contribution in [0.4, 0.5) is 0 Å². The van der Waals surface area contributed by atoms with Crippen LogP contribution in [0.5, 0.6) is 0 Å². The minimum absolute atomic E-state index is 0.266. The number of nitrogens with one attached hydrogen (secondary N) is 1. The Morgan fingerprint density at radius 1 is 1.60 bits per heavy atom. The summed E-state index contributed by atoms with van der Waals surface area (Å²) < 4.78 is 1.83. The fourth-order valence-corrected chi connectivity index (χ4v) is 1.97. The maximum Gasteiger partial charge on any atom is 0.0847 e. The van der Waals surface area contributed by atoms with Gasteiger partial charge in [0.15, 0.2) is 0 Å². The number of nitrogens with zero attached hydrogens (tertiary/aromatic N) is 2. The molecule has 0 bridgehead atoms. The molecule has 1 aromatic heterocycles. The van der Waals surface area contributed by atoms with E-state index in [9.17, 15) is 0 Å². The van der Waals surface area contributed by atoms with Crippen molar-refractivity contribution in [3.63, 3.8) is 0 Å². The van der Waals surface area contributed by atoms with Crippen molar-refractivity contribution < 1.29 is 0 Å². The quantitative estimate of drug-likeness (QED) is 0.596. The smallest absolute Gasteiger partial charge is 0.0847 e. The van der Waals surface area contributed by atoms with Crippen LogP contribution in [0.3, 0.4) is 0 Å². The van der Waals surface area contributed by atoms with Crippen LogP contribution < -0.4 is 11.3 Å². The first-order valence-electron chi connectivity index (χ1n) is 5.24. The predicted octanol–water partition coefficient (Wildman–Crippen LogP) is 1.56. The molecule has 3 N–H and O–H groups in total. The van der Waals surface area contributed by atoms with Crippen LogP contribution in [-0.4, -0.2) is 15.8 Å². The average molecular weight is 231 g/mol. The van der Waals surface area contributed by atoms with Gasteiger partial charge in [0.1, 0.15) is 0 Å². The fourth-order valence-electron chi connectivity index (χ4n) is 1.73. The number of nitrogens with two attached hydrogens (primary N) is 1. The molecule has 15 heavy (non-hydrogen) atoms. The van der Waals surface area contributed by atoms with E-state index in [1.54, 1.807) is 0 Å². The zero-order valence-electron chi connectivity index (χ0n) is 9.55. The predicted molar refractivity (Wildman–Crippen MR) is 62.7 cm³/mol. The number of halogens is 1. The summed E-state index contributed by atoms with van der Waals surface area (Å²) in [5, 5.41) is 5.03. The summed E-state index contributed by atoms with van der Waals surface area (Å²) in [4.78, 5) is 0. The molecule has 0 aliphatic rings. The third-order valence-electron chi connectivity index (χ3n) is 2.57. The van der Waals surface area contributed by atoms with Crippen LogP contribution >= 0.6 is 11.6 Å². The molecular formula is C10H19ClN4. The fraction of sp³-hybridized carbons (Fsp3) is 0.700. The van der Waals surface area contributed by atoms with Crippen LogP contribution in [-0.2, 0) is 13.5 Å². The van der Waals surface area contributed by atoms with Crippen molar-refractivity contribution in [3.8, 4) is 0 Å². The van der Waals surface area contributed by atoms with Gasteiger partial charge in [0, 0.05) is 19.5 Å². The molecule has 1 unspecified atom stereocenters. The maximum absolute atomic E-state index is 6.16. The Kier molecular flexibility index (Phi) is 4.57. The van der Waals surface area contributed by atoms with Crippen LogP contribution in [0.25, 0.3) is 0 Å². The Labute approximate surface area is 95.8 Å². The largest absolute Gasteiger partial charge is 0.271 e. The highest BCUT2D eigenvalue weighted by atomic mass is 35.5. The molecule has 4 nitrogen and oxygen atoms in total. The van der Waals surface area contributed by atoms with Gasteiger partial charge in [-0.15, -0.1) is 0 Å². The number of rotatable bonds is 5. The molecule has 0 aliphatic heterocycles. The number of hydrogen-bond acceptors (Lipinski definition) is 3. The second-order valence-electron chi connectivity index (χ2n) is 3.83. The van der Waals surface area contributed by atoms with Gasteiger partial charge < -0.3 is 0 Å². The molecule has 0 aromatic carbocycles. The molecule has 0 saturated carbocycles. The number of hydrogen-bond donors (Lipinski definition) is 2. The lowest BCUT2D eigenvalue weighted by atomic mass is 10.1. The van der Waals surface area contributed by atoms with Gasteiger partial charge in [0.05, 0.1) is 16.4 Å². The van der Waals surface area contributed by atoms with Gasteiger partial charge in [-0.1, -0.05) is 24.9 Å². The van der Waals surface area contributed by atoms with Gasteiger partial charge in [-0.25, -0.2) is 0 Å². The zero-order valence-corrected chi connectivity index (χ0v) is 10.3. The first kappa shape index (κ1) is 12.5. The molecule has 0 aliphatic carbocycles. The summed E-state index contributed by atoms with van der Waals surface area (Å²) in [6.07, 6.45) is 2.96. The SMILES string of the molecule is CCCC(Cc1c(Cl)c(C)nn1C)NN.